The van der Waals surface area contributed by atoms with Crippen molar-refractivity contribution in [2.45, 2.75) is 6.92 Å². The fourth-order valence-electron chi connectivity index (χ4n) is 1.31. The number of esters is 1. The highest BCUT2D eigenvalue weighted by atomic mass is 16.5. The Labute approximate surface area is 81.1 Å². The molecule has 2 rings (SSSR count). The molecule has 0 aliphatic rings. The molecule has 2 heterocycles. The third kappa shape index (κ3) is 1.35. The number of hydrogen-bond acceptors (Lipinski definition) is 3. The fraction of sp³-hybridized carbons (Fsp3) is 0.200. The molecule has 4 nitrogen and oxygen atoms in total. The van der Waals surface area contributed by atoms with E-state index in [2.05, 4.69) is 5.10 Å². The lowest BCUT2D eigenvalue weighted by Crippen LogP contribution is -2.09. The van der Waals surface area contributed by atoms with E-state index in [0.29, 0.717) is 12.3 Å². The summed E-state index contributed by atoms with van der Waals surface area (Å²) in [6.07, 6.45) is 1.63. The molecule has 0 bridgehead atoms. The SMILES string of the molecule is CCOC(=O)c1ccc2cccnn12. The average molecular weight is 190 g/mol. The van der Waals surface area contributed by atoms with Crippen molar-refractivity contribution in [3.63, 3.8) is 0 Å². The highest BCUT2D eigenvalue weighted by Crippen LogP contribution is 2.08. The number of nitrogens with zero attached hydrogens (tertiary/aromatic N) is 2. The molecule has 72 valence electrons. The van der Waals surface area contributed by atoms with Crippen molar-refractivity contribution in [2.75, 3.05) is 6.61 Å². The van der Waals surface area contributed by atoms with Gasteiger partial charge >= 0.3 is 5.97 Å². The van der Waals surface area contributed by atoms with Crippen LogP contribution >= 0.6 is 0 Å². The highest BCUT2D eigenvalue weighted by molar-refractivity contribution is 5.89. The third-order valence-electron chi connectivity index (χ3n) is 1.90. The maximum absolute atomic E-state index is 11.4. The van der Waals surface area contributed by atoms with E-state index in [1.54, 1.807) is 23.7 Å². The Morgan fingerprint density at radius 1 is 1.50 bits per heavy atom. The molecular formula is C10H10N2O2. The van der Waals surface area contributed by atoms with Crippen LogP contribution in [0.1, 0.15) is 17.4 Å². The smallest absolute Gasteiger partial charge is 0.356 e. The van der Waals surface area contributed by atoms with E-state index in [1.807, 2.05) is 18.2 Å². The molecule has 4 heteroatoms. The van der Waals surface area contributed by atoms with Crippen LogP contribution in [0.2, 0.25) is 0 Å². The van der Waals surface area contributed by atoms with Crippen molar-refractivity contribution in [3.05, 3.63) is 36.2 Å². The van der Waals surface area contributed by atoms with Gasteiger partial charge in [0.15, 0.2) is 5.69 Å². The van der Waals surface area contributed by atoms with Gasteiger partial charge in [-0.05, 0) is 31.2 Å². The fourth-order valence-corrected chi connectivity index (χ4v) is 1.31. The van der Waals surface area contributed by atoms with E-state index in [4.69, 9.17) is 4.74 Å². The first kappa shape index (κ1) is 8.74. The molecule has 0 saturated carbocycles. The van der Waals surface area contributed by atoms with Crippen molar-refractivity contribution < 1.29 is 9.53 Å². The van der Waals surface area contributed by atoms with Gasteiger partial charge in [-0.2, -0.15) is 5.10 Å². The van der Waals surface area contributed by atoms with Crippen molar-refractivity contribution >= 4 is 11.5 Å². The van der Waals surface area contributed by atoms with Gasteiger partial charge in [-0.25, -0.2) is 9.31 Å². The predicted molar refractivity (Wildman–Crippen MR) is 51.1 cm³/mol. The largest absolute Gasteiger partial charge is 0.461 e. The van der Waals surface area contributed by atoms with Crippen LogP contribution in [-0.4, -0.2) is 22.2 Å². The molecule has 0 aromatic carbocycles. The van der Waals surface area contributed by atoms with Crippen LogP contribution in [0.15, 0.2) is 30.5 Å². The van der Waals surface area contributed by atoms with E-state index in [9.17, 15) is 4.79 Å². The molecule has 0 unspecified atom stereocenters. The Morgan fingerprint density at radius 3 is 3.14 bits per heavy atom. The van der Waals surface area contributed by atoms with E-state index in [1.165, 1.54) is 0 Å². The zero-order valence-corrected chi connectivity index (χ0v) is 7.80. The maximum atomic E-state index is 11.4. The number of aromatic nitrogens is 2. The molecule has 0 saturated heterocycles. The minimum Gasteiger partial charge on any atom is -0.461 e. The summed E-state index contributed by atoms with van der Waals surface area (Å²) in [5.74, 6) is -0.341. The standard InChI is InChI=1S/C10H10N2O2/c1-2-14-10(13)9-6-5-8-4-3-7-11-12(8)9/h3-7H,2H2,1H3. The lowest BCUT2D eigenvalue weighted by molar-refractivity contribution is 0.0517. The second-order valence-electron chi connectivity index (χ2n) is 2.80. The van der Waals surface area contributed by atoms with Gasteiger partial charge < -0.3 is 4.74 Å². The van der Waals surface area contributed by atoms with Gasteiger partial charge in [0, 0.05) is 6.20 Å². The van der Waals surface area contributed by atoms with Crippen LogP contribution < -0.4 is 0 Å². The van der Waals surface area contributed by atoms with Gasteiger partial charge in [0.25, 0.3) is 0 Å². The quantitative estimate of drug-likeness (QED) is 0.674. The van der Waals surface area contributed by atoms with E-state index in [0.717, 1.165) is 5.52 Å². The molecule has 0 aliphatic heterocycles. The molecule has 0 N–H and O–H groups in total. The molecule has 0 amide bonds. The first-order chi connectivity index (χ1) is 6.83. The van der Waals surface area contributed by atoms with Crippen molar-refractivity contribution in [1.29, 1.82) is 0 Å². The third-order valence-corrected chi connectivity index (χ3v) is 1.90. The molecule has 0 atom stereocenters. The lowest BCUT2D eigenvalue weighted by Gasteiger charge is -2.00. The predicted octanol–water partition coefficient (Wildman–Crippen LogP) is 1.51. The Bertz CT molecular complexity index is 462. The topological polar surface area (TPSA) is 43.6 Å². The Balaban J connectivity index is 2.47. The Hall–Kier alpha value is -1.84. The van der Waals surface area contributed by atoms with Gasteiger partial charge in [-0.15, -0.1) is 0 Å². The highest BCUT2D eigenvalue weighted by Gasteiger charge is 2.11. The first-order valence-electron chi connectivity index (χ1n) is 4.43. The molecule has 14 heavy (non-hydrogen) atoms. The van der Waals surface area contributed by atoms with E-state index in [-0.39, 0.29) is 5.97 Å². The zero-order valence-electron chi connectivity index (χ0n) is 7.80. The summed E-state index contributed by atoms with van der Waals surface area (Å²) >= 11 is 0. The average Bonchev–Trinajstić information content (AvgIpc) is 2.61. The monoisotopic (exact) mass is 190 g/mol. The van der Waals surface area contributed by atoms with Gasteiger partial charge in [0.1, 0.15) is 0 Å². The van der Waals surface area contributed by atoms with Crippen molar-refractivity contribution in [2.24, 2.45) is 0 Å². The summed E-state index contributed by atoms with van der Waals surface area (Å²) in [6, 6.07) is 7.25. The summed E-state index contributed by atoms with van der Waals surface area (Å²) < 4.78 is 6.46. The van der Waals surface area contributed by atoms with Crippen molar-refractivity contribution in [3.8, 4) is 0 Å². The summed E-state index contributed by atoms with van der Waals surface area (Å²) in [7, 11) is 0. The molecule has 0 fully saturated rings. The van der Waals surface area contributed by atoms with Crippen LogP contribution in [0.4, 0.5) is 0 Å². The van der Waals surface area contributed by atoms with Gasteiger partial charge in [-0.1, -0.05) is 0 Å². The Kier molecular flexibility index (Phi) is 2.18. The summed E-state index contributed by atoms with van der Waals surface area (Å²) in [4.78, 5) is 11.4. The van der Waals surface area contributed by atoms with Gasteiger partial charge in [0.2, 0.25) is 0 Å². The van der Waals surface area contributed by atoms with E-state index < -0.39 is 0 Å². The normalized spacial score (nSPS) is 10.4. The summed E-state index contributed by atoms with van der Waals surface area (Å²) in [6.45, 7) is 2.15. The maximum Gasteiger partial charge on any atom is 0.356 e. The van der Waals surface area contributed by atoms with Crippen LogP contribution in [0.5, 0.6) is 0 Å². The van der Waals surface area contributed by atoms with Crippen LogP contribution in [-0.2, 0) is 4.74 Å². The molecule has 0 spiro atoms. The number of carbonyl (C=O) groups excluding carboxylic acids is 1. The molecule has 0 aliphatic carbocycles. The zero-order chi connectivity index (χ0) is 9.97. The second-order valence-corrected chi connectivity index (χ2v) is 2.80. The molecule has 2 aromatic rings. The summed E-state index contributed by atoms with van der Waals surface area (Å²) in [5, 5.41) is 4.06. The van der Waals surface area contributed by atoms with Crippen LogP contribution in [0.3, 0.4) is 0 Å². The minimum absolute atomic E-state index is 0.341. The van der Waals surface area contributed by atoms with Gasteiger partial charge in [-0.3, -0.25) is 0 Å². The molecular weight excluding hydrogens is 180 g/mol. The first-order valence-corrected chi connectivity index (χ1v) is 4.43. The van der Waals surface area contributed by atoms with E-state index >= 15 is 0 Å². The van der Waals surface area contributed by atoms with Crippen LogP contribution in [0, 0.1) is 0 Å². The minimum atomic E-state index is -0.341. The number of rotatable bonds is 2. The number of fused-ring (bicyclic) bond motifs is 1. The number of carbonyl (C=O) groups is 1. The van der Waals surface area contributed by atoms with Gasteiger partial charge in [0.05, 0.1) is 12.1 Å². The molecule has 0 radical (unpaired) electrons. The molecule has 2 aromatic heterocycles. The van der Waals surface area contributed by atoms with Crippen LogP contribution in [0.25, 0.3) is 5.52 Å². The summed E-state index contributed by atoms with van der Waals surface area (Å²) in [5.41, 5.74) is 1.35. The second kappa shape index (κ2) is 3.49. The Morgan fingerprint density at radius 2 is 2.36 bits per heavy atom. The number of ether oxygens (including phenoxy) is 1. The number of hydrogen-bond donors (Lipinski definition) is 0. The van der Waals surface area contributed by atoms with Crippen molar-refractivity contribution in [1.82, 2.24) is 9.61 Å². The lowest BCUT2D eigenvalue weighted by atomic mass is 10.4.